The van der Waals surface area contributed by atoms with Gasteiger partial charge in [0.05, 0.1) is 18.6 Å². The maximum Gasteiger partial charge on any atom is 0.230 e. The molecule has 0 spiro atoms. The number of hydrogen-bond donors (Lipinski definition) is 1. The lowest BCUT2D eigenvalue weighted by atomic mass is 9.87. The number of amides is 1. The van der Waals surface area contributed by atoms with Crippen molar-refractivity contribution in [2.45, 2.75) is 19.4 Å². The molecular formula is C16H21FN2O2. The first kappa shape index (κ1) is 14.5. The Kier molecular flexibility index (Phi) is 3.95. The van der Waals surface area contributed by atoms with E-state index in [0.717, 1.165) is 13.0 Å². The van der Waals surface area contributed by atoms with Crippen LogP contribution in [0.3, 0.4) is 0 Å². The van der Waals surface area contributed by atoms with Crippen LogP contribution in [0, 0.1) is 11.2 Å². The summed E-state index contributed by atoms with van der Waals surface area (Å²) >= 11 is 0. The molecule has 1 amide bonds. The molecule has 2 aliphatic heterocycles. The molecule has 3 rings (SSSR count). The number of rotatable bonds is 2. The second-order valence-corrected chi connectivity index (χ2v) is 6.12. The summed E-state index contributed by atoms with van der Waals surface area (Å²) in [4.78, 5) is 14.5. The molecule has 2 heterocycles. The molecule has 0 aromatic heterocycles. The Morgan fingerprint density at radius 3 is 3.00 bits per heavy atom. The predicted octanol–water partition coefficient (Wildman–Crippen LogP) is 1.73. The zero-order valence-electron chi connectivity index (χ0n) is 12.3. The molecule has 0 bridgehead atoms. The maximum atomic E-state index is 13.9. The molecule has 5 heteroatoms. The number of halogens is 1. The van der Waals surface area contributed by atoms with Crippen LogP contribution in [-0.4, -0.2) is 43.6 Å². The lowest BCUT2D eigenvalue weighted by Gasteiger charge is -2.37. The monoisotopic (exact) mass is 292 g/mol. The quantitative estimate of drug-likeness (QED) is 0.902. The van der Waals surface area contributed by atoms with Crippen LogP contribution >= 0.6 is 0 Å². The van der Waals surface area contributed by atoms with Crippen molar-refractivity contribution in [1.29, 1.82) is 0 Å². The highest BCUT2D eigenvalue weighted by Crippen LogP contribution is 2.31. The third-order valence-corrected chi connectivity index (χ3v) is 4.49. The summed E-state index contributed by atoms with van der Waals surface area (Å²) in [6, 6.07) is 6.62. The second-order valence-electron chi connectivity index (χ2n) is 6.12. The van der Waals surface area contributed by atoms with Gasteiger partial charge in [-0.1, -0.05) is 18.2 Å². The highest BCUT2D eigenvalue weighted by molar-refractivity contribution is 5.83. The topological polar surface area (TPSA) is 41.6 Å². The summed E-state index contributed by atoms with van der Waals surface area (Å²) in [7, 11) is 0. The van der Waals surface area contributed by atoms with Crippen molar-refractivity contribution in [3.05, 3.63) is 35.6 Å². The van der Waals surface area contributed by atoms with Crippen LogP contribution in [0.2, 0.25) is 0 Å². The first-order valence-electron chi connectivity index (χ1n) is 7.46. The summed E-state index contributed by atoms with van der Waals surface area (Å²) in [5.41, 5.74) is 0.196. The highest BCUT2D eigenvalue weighted by atomic mass is 19.1. The van der Waals surface area contributed by atoms with Crippen molar-refractivity contribution in [3.63, 3.8) is 0 Å². The van der Waals surface area contributed by atoms with E-state index in [9.17, 15) is 9.18 Å². The number of morpholine rings is 1. The van der Waals surface area contributed by atoms with Crippen LogP contribution in [0.4, 0.5) is 4.39 Å². The van der Waals surface area contributed by atoms with Gasteiger partial charge < -0.3 is 15.0 Å². The molecule has 4 nitrogen and oxygen atoms in total. The van der Waals surface area contributed by atoms with E-state index in [4.69, 9.17) is 4.74 Å². The van der Waals surface area contributed by atoms with Crippen LogP contribution in [0.15, 0.2) is 24.3 Å². The Balaban J connectivity index is 1.74. The van der Waals surface area contributed by atoms with Crippen molar-refractivity contribution in [3.8, 4) is 0 Å². The first-order valence-corrected chi connectivity index (χ1v) is 7.46. The minimum absolute atomic E-state index is 0.150. The Labute approximate surface area is 124 Å². The van der Waals surface area contributed by atoms with E-state index >= 15 is 0 Å². The summed E-state index contributed by atoms with van der Waals surface area (Å²) in [5.74, 6) is -0.123. The average molecular weight is 292 g/mol. The third-order valence-electron chi connectivity index (χ3n) is 4.49. The van der Waals surface area contributed by atoms with E-state index in [1.54, 1.807) is 18.2 Å². The molecule has 1 aromatic rings. The molecule has 0 aliphatic carbocycles. The van der Waals surface area contributed by atoms with Gasteiger partial charge in [-0.3, -0.25) is 4.79 Å². The Morgan fingerprint density at radius 2 is 2.29 bits per heavy atom. The minimum atomic E-state index is -0.373. The fourth-order valence-electron chi connectivity index (χ4n) is 3.14. The summed E-state index contributed by atoms with van der Waals surface area (Å²) in [6.45, 7) is 5.06. The Hall–Kier alpha value is -1.46. The fourth-order valence-corrected chi connectivity index (χ4v) is 3.14. The van der Waals surface area contributed by atoms with Gasteiger partial charge in [-0.15, -0.1) is 0 Å². The zero-order chi connectivity index (χ0) is 14.9. The third kappa shape index (κ3) is 2.80. The van der Waals surface area contributed by atoms with Crippen LogP contribution < -0.4 is 5.32 Å². The van der Waals surface area contributed by atoms with Crippen molar-refractivity contribution in [1.82, 2.24) is 10.2 Å². The second kappa shape index (κ2) is 5.73. The number of carbonyl (C=O) groups excluding carboxylic acids is 1. The van der Waals surface area contributed by atoms with E-state index in [1.807, 2.05) is 11.8 Å². The van der Waals surface area contributed by atoms with E-state index in [0.29, 0.717) is 31.8 Å². The van der Waals surface area contributed by atoms with Gasteiger partial charge in [-0.2, -0.15) is 0 Å². The van der Waals surface area contributed by atoms with Gasteiger partial charge in [0.15, 0.2) is 0 Å². The molecule has 0 radical (unpaired) electrons. The Morgan fingerprint density at radius 1 is 1.48 bits per heavy atom. The number of ether oxygens (including phenoxy) is 1. The molecule has 21 heavy (non-hydrogen) atoms. The van der Waals surface area contributed by atoms with Gasteiger partial charge >= 0.3 is 0 Å². The number of carbonyl (C=O) groups is 1. The predicted molar refractivity (Wildman–Crippen MR) is 77.3 cm³/mol. The van der Waals surface area contributed by atoms with Crippen molar-refractivity contribution >= 4 is 5.91 Å². The highest BCUT2D eigenvalue weighted by Gasteiger charge is 2.40. The molecule has 2 saturated heterocycles. The van der Waals surface area contributed by atoms with E-state index in [1.165, 1.54) is 6.07 Å². The SMILES string of the molecule is C[C@@]1(C(=O)N2CCO[C@H](c3ccccc3F)C2)CCNC1. The lowest BCUT2D eigenvalue weighted by Crippen LogP contribution is -2.49. The molecule has 2 aliphatic rings. The van der Waals surface area contributed by atoms with Gasteiger partial charge in [0.1, 0.15) is 11.9 Å². The van der Waals surface area contributed by atoms with Gasteiger partial charge in [0, 0.05) is 18.7 Å². The number of benzene rings is 1. The largest absolute Gasteiger partial charge is 0.370 e. The number of nitrogens with zero attached hydrogens (tertiary/aromatic N) is 1. The van der Waals surface area contributed by atoms with Crippen LogP contribution in [0.1, 0.15) is 25.0 Å². The molecular weight excluding hydrogens is 271 g/mol. The standard InChI is InChI=1S/C16H21FN2O2/c1-16(6-7-18-11-16)15(20)19-8-9-21-14(10-19)12-4-2-3-5-13(12)17/h2-5,14,18H,6-11H2,1H3/t14-,16+/m0/s1. The van der Waals surface area contributed by atoms with E-state index < -0.39 is 0 Å². The number of hydrogen-bond acceptors (Lipinski definition) is 3. The smallest absolute Gasteiger partial charge is 0.230 e. The molecule has 0 saturated carbocycles. The molecule has 2 atom stereocenters. The van der Waals surface area contributed by atoms with Crippen molar-refractivity contribution in [2.75, 3.05) is 32.8 Å². The summed E-state index contributed by atoms with van der Waals surface area (Å²) < 4.78 is 19.6. The van der Waals surface area contributed by atoms with Gasteiger partial charge in [0.2, 0.25) is 5.91 Å². The van der Waals surface area contributed by atoms with E-state index in [-0.39, 0.29) is 23.2 Å². The maximum absolute atomic E-state index is 13.9. The first-order chi connectivity index (χ1) is 10.1. The van der Waals surface area contributed by atoms with Crippen molar-refractivity contribution < 1.29 is 13.9 Å². The number of nitrogens with one attached hydrogen (secondary N) is 1. The van der Waals surface area contributed by atoms with Crippen LogP contribution in [0.25, 0.3) is 0 Å². The zero-order valence-corrected chi connectivity index (χ0v) is 12.3. The molecule has 2 fully saturated rings. The summed E-state index contributed by atoms with van der Waals surface area (Å²) in [6.07, 6.45) is 0.481. The Bertz CT molecular complexity index is 529. The molecule has 1 aromatic carbocycles. The summed E-state index contributed by atoms with van der Waals surface area (Å²) in [5, 5.41) is 3.25. The fraction of sp³-hybridized carbons (Fsp3) is 0.562. The normalized spacial score (nSPS) is 29.6. The van der Waals surface area contributed by atoms with Crippen molar-refractivity contribution in [2.24, 2.45) is 5.41 Å². The average Bonchev–Trinajstić information content (AvgIpc) is 2.95. The molecule has 0 unspecified atom stereocenters. The van der Waals surface area contributed by atoms with Gasteiger partial charge in [-0.05, 0) is 26.0 Å². The van der Waals surface area contributed by atoms with E-state index in [2.05, 4.69) is 5.32 Å². The van der Waals surface area contributed by atoms with Crippen LogP contribution in [0.5, 0.6) is 0 Å². The van der Waals surface area contributed by atoms with Gasteiger partial charge in [-0.25, -0.2) is 4.39 Å². The minimum Gasteiger partial charge on any atom is -0.370 e. The van der Waals surface area contributed by atoms with Crippen LogP contribution in [-0.2, 0) is 9.53 Å². The van der Waals surface area contributed by atoms with Gasteiger partial charge in [0.25, 0.3) is 0 Å². The molecule has 114 valence electrons. The lowest BCUT2D eigenvalue weighted by molar-refractivity contribution is -0.148. The molecule has 1 N–H and O–H groups in total.